The Balaban J connectivity index is 1.64. The Morgan fingerprint density at radius 1 is 1.22 bits per heavy atom. The molecular formula is C20H25FN4O2. The second-order valence-corrected chi connectivity index (χ2v) is 7.15. The molecule has 1 aliphatic rings. The van der Waals surface area contributed by atoms with E-state index in [2.05, 4.69) is 10.4 Å². The van der Waals surface area contributed by atoms with Crippen molar-refractivity contribution in [3.05, 3.63) is 47.4 Å². The normalized spacial score (nSPS) is 14.8. The molecule has 6 nitrogen and oxygen atoms in total. The number of nitrogens with zero attached hydrogens (tertiary/aromatic N) is 3. The quantitative estimate of drug-likeness (QED) is 0.875. The van der Waals surface area contributed by atoms with Crippen molar-refractivity contribution < 1.29 is 14.0 Å². The molecular weight excluding hydrogens is 347 g/mol. The number of hydrogen-bond acceptors (Lipinski definition) is 3. The molecule has 0 aliphatic heterocycles. The summed E-state index contributed by atoms with van der Waals surface area (Å²) in [6, 6.07) is 7.63. The van der Waals surface area contributed by atoms with Crippen molar-refractivity contribution in [2.75, 3.05) is 12.4 Å². The summed E-state index contributed by atoms with van der Waals surface area (Å²) >= 11 is 0. The zero-order valence-corrected chi connectivity index (χ0v) is 15.7. The standard InChI is InChI=1S/C20H25FN4O2/c1-24(13-14-8-10-16(21)11-9-14)20(27)17-12-18(25(2)23-17)22-19(26)15-6-4-3-5-7-15/h8-12,15H,3-7,13H2,1-2H3,(H,22,26). The van der Waals surface area contributed by atoms with E-state index in [4.69, 9.17) is 0 Å². The van der Waals surface area contributed by atoms with Gasteiger partial charge in [0, 0.05) is 32.6 Å². The van der Waals surface area contributed by atoms with Crippen LogP contribution in [0.4, 0.5) is 10.2 Å². The van der Waals surface area contributed by atoms with Crippen LogP contribution in [0.25, 0.3) is 0 Å². The first-order chi connectivity index (χ1) is 12.9. The highest BCUT2D eigenvalue weighted by Gasteiger charge is 2.23. The average molecular weight is 372 g/mol. The van der Waals surface area contributed by atoms with Crippen molar-refractivity contribution in [2.45, 2.75) is 38.6 Å². The topological polar surface area (TPSA) is 67.2 Å². The van der Waals surface area contributed by atoms with Gasteiger partial charge in [0.2, 0.25) is 5.91 Å². The molecule has 7 heteroatoms. The molecule has 0 bridgehead atoms. The highest BCUT2D eigenvalue weighted by Crippen LogP contribution is 2.25. The summed E-state index contributed by atoms with van der Waals surface area (Å²) in [6.45, 7) is 0.347. The third-order valence-corrected chi connectivity index (χ3v) is 5.01. The van der Waals surface area contributed by atoms with Gasteiger partial charge in [0.25, 0.3) is 5.91 Å². The van der Waals surface area contributed by atoms with Crippen LogP contribution in [0.15, 0.2) is 30.3 Å². The molecule has 0 atom stereocenters. The van der Waals surface area contributed by atoms with E-state index in [1.54, 1.807) is 32.3 Å². The number of rotatable bonds is 5. The zero-order valence-electron chi connectivity index (χ0n) is 15.7. The fourth-order valence-corrected chi connectivity index (χ4v) is 3.41. The van der Waals surface area contributed by atoms with Gasteiger partial charge in [-0.25, -0.2) is 4.39 Å². The molecule has 1 aromatic heterocycles. The number of benzene rings is 1. The number of amides is 2. The van der Waals surface area contributed by atoms with E-state index in [0.29, 0.717) is 12.4 Å². The Morgan fingerprint density at radius 3 is 2.56 bits per heavy atom. The SMILES string of the molecule is CN(Cc1ccc(F)cc1)C(=O)c1cc(NC(=O)C2CCCCC2)n(C)n1. The fraction of sp³-hybridized carbons (Fsp3) is 0.450. The molecule has 1 saturated carbocycles. The van der Waals surface area contributed by atoms with Gasteiger partial charge in [0.05, 0.1) is 0 Å². The molecule has 144 valence electrons. The first kappa shape index (κ1) is 19.1. The van der Waals surface area contributed by atoms with Crippen LogP contribution < -0.4 is 5.32 Å². The summed E-state index contributed by atoms with van der Waals surface area (Å²) in [5.41, 5.74) is 1.09. The molecule has 3 rings (SSSR count). The summed E-state index contributed by atoms with van der Waals surface area (Å²) in [5, 5.41) is 7.14. The van der Waals surface area contributed by atoms with E-state index >= 15 is 0 Å². The van der Waals surface area contributed by atoms with Crippen molar-refractivity contribution in [3.8, 4) is 0 Å². The number of halogens is 1. The van der Waals surface area contributed by atoms with Crippen LogP contribution >= 0.6 is 0 Å². The van der Waals surface area contributed by atoms with E-state index in [-0.39, 0.29) is 29.2 Å². The molecule has 1 N–H and O–H groups in total. The lowest BCUT2D eigenvalue weighted by atomic mass is 9.89. The lowest BCUT2D eigenvalue weighted by Crippen LogP contribution is -2.26. The molecule has 1 aromatic carbocycles. The molecule has 0 unspecified atom stereocenters. The van der Waals surface area contributed by atoms with Gasteiger partial charge in [-0.3, -0.25) is 14.3 Å². The maximum atomic E-state index is 13.0. The number of carbonyl (C=O) groups is 2. The number of aromatic nitrogens is 2. The first-order valence-corrected chi connectivity index (χ1v) is 9.29. The van der Waals surface area contributed by atoms with Gasteiger partial charge in [0.15, 0.2) is 5.69 Å². The minimum atomic E-state index is -0.309. The number of carbonyl (C=O) groups excluding carboxylic acids is 2. The van der Waals surface area contributed by atoms with Crippen molar-refractivity contribution in [1.82, 2.24) is 14.7 Å². The van der Waals surface area contributed by atoms with Crippen LogP contribution in [0.1, 0.15) is 48.2 Å². The van der Waals surface area contributed by atoms with Crippen LogP contribution in [0.3, 0.4) is 0 Å². The Hall–Kier alpha value is -2.70. The van der Waals surface area contributed by atoms with Crippen molar-refractivity contribution in [2.24, 2.45) is 13.0 Å². The summed E-state index contributed by atoms with van der Waals surface area (Å²) in [6.07, 6.45) is 5.18. The molecule has 1 fully saturated rings. The summed E-state index contributed by atoms with van der Waals surface area (Å²) in [5.74, 6) is -0.0154. The molecule has 0 radical (unpaired) electrons. The third-order valence-electron chi connectivity index (χ3n) is 5.01. The number of hydrogen-bond donors (Lipinski definition) is 1. The van der Waals surface area contributed by atoms with Gasteiger partial charge in [0.1, 0.15) is 11.6 Å². The number of aryl methyl sites for hydroxylation is 1. The highest BCUT2D eigenvalue weighted by molar-refractivity contribution is 5.96. The number of nitrogens with one attached hydrogen (secondary N) is 1. The van der Waals surface area contributed by atoms with Crippen LogP contribution in [0.5, 0.6) is 0 Å². The molecule has 0 spiro atoms. The summed E-state index contributed by atoms with van der Waals surface area (Å²) in [4.78, 5) is 26.6. The monoisotopic (exact) mass is 372 g/mol. The Morgan fingerprint density at radius 2 is 1.89 bits per heavy atom. The molecule has 1 heterocycles. The van der Waals surface area contributed by atoms with Crippen molar-refractivity contribution in [3.63, 3.8) is 0 Å². The minimum Gasteiger partial charge on any atom is -0.336 e. The Kier molecular flexibility index (Phi) is 5.88. The maximum Gasteiger partial charge on any atom is 0.274 e. The van der Waals surface area contributed by atoms with Crippen LogP contribution in [-0.2, 0) is 18.4 Å². The van der Waals surface area contributed by atoms with Crippen molar-refractivity contribution >= 4 is 17.6 Å². The Labute approximate surface area is 158 Å². The van der Waals surface area contributed by atoms with Gasteiger partial charge in [-0.05, 0) is 30.5 Å². The van der Waals surface area contributed by atoms with E-state index in [0.717, 1.165) is 31.2 Å². The van der Waals surface area contributed by atoms with E-state index < -0.39 is 0 Å². The van der Waals surface area contributed by atoms with Crippen molar-refractivity contribution in [1.29, 1.82) is 0 Å². The third kappa shape index (κ3) is 4.72. The predicted molar refractivity (Wildman–Crippen MR) is 101 cm³/mol. The summed E-state index contributed by atoms with van der Waals surface area (Å²) in [7, 11) is 3.37. The number of anilines is 1. The average Bonchev–Trinajstić information content (AvgIpc) is 3.04. The van der Waals surface area contributed by atoms with E-state index in [1.807, 2.05) is 0 Å². The largest absolute Gasteiger partial charge is 0.336 e. The van der Waals surface area contributed by atoms with Gasteiger partial charge < -0.3 is 10.2 Å². The fourth-order valence-electron chi connectivity index (χ4n) is 3.41. The summed E-state index contributed by atoms with van der Waals surface area (Å²) < 4.78 is 14.5. The molecule has 27 heavy (non-hydrogen) atoms. The maximum absolute atomic E-state index is 13.0. The van der Waals surface area contributed by atoms with Gasteiger partial charge in [-0.2, -0.15) is 5.10 Å². The predicted octanol–water partition coefficient (Wildman–Crippen LogP) is 3.35. The smallest absolute Gasteiger partial charge is 0.274 e. The highest BCUT2D eigenvalue weighted by atomic mass is 19.1. The molecule has 0 saturated heterocycles. The molecule has 2 amide bonds. The Bertz CT molecular complexity index is 810. The zero-order chi connectivity index (χ0) is 19.4. The minimum absolute atomic E-state index is 0.00337. The molecule has 2 aromatic rings. The first-order valence-electron chi connectivity index (χ1n) is 9.29. The van der Waals surface area contributed by atoms with Gasteiger partial charge >= 0.3 is 0 Å². The lowest BCUT2D eigenvalue weighted by molar-refractivity contribution is -0.120. The second-order valence-electron chi connectivity index (χ2n) is 7.15. The second kappa shape index (κ2) is 8.33. The van der Waals surface area contributed by atoms with Gasteiger partial charge in [-0.15, -0.1) is 0 Å². The van der Waals surface area contributed by atoms with Crippen LogP contribution in [0, 0.1) is 11.7 Å². The van der Waals surface area contributed by atoms with Crippen LogP contribution in [0.2, 0.25) is 0 Å². The molecule has 1 aliphatic carbocycles. The lowest BCUT2D eigenvalue weighted by Gasteiger charge is -2.20. The van der Waals surface area contributed by atoms with Gasteiger partial charge in [-0.1, -0.05) is 31.4 Å². The van der Waals surface area contributed by atoms with E-state index in [9.17, 15) is 14.0 Å². The van der Waals surface area contributed by atoms with Crippen LogP contribution in [-0.4, -0.2) is 33.5 Å². The van der Waals surface area contributed by atoms with E-state index in [1.165, 1.54) is 28.1 Å².